The number of amides is 1. The molecule has 0 saturated carbocycles. The second-order valence-electron chi connectivity index (χ2n) is 8.13. The number of aromatic amines is 1. The molecule has 0 unspecified atom stereocenters. The summed E-state index contributed by atoms with van der Waals surface area (Å²) in [7, 11) is -3.60. The second kappa shape index (κ2) is 8.80. The Balaban J connectivity index is 1.32. The van der Waals surface area contributed by atoms with E-state index in [9.17, 15) is 13.2 Å². The Morgan fingerprint density at radius 1 is 0.909 bits per heavy atom. The highest BCUT2D eigenvalue weighted by Crippen LogP contribution is 2.24. The fraction of sp³-hybridized carbons (Fsp3) is 0.200. The fourth-order valence-electron chi connectivity index (χ4n) is 4.06. The molecule has 1 aliphatic rings. The molecule has 2 N–H and O–H groups in total. The lowest BCUT2D eigenvalue weighted by Gasteiger charge is -2.26. The predicted molar refractivity (Wildman–Crippen MR) is 129 cm³/mol. The third-order valence-corrected chi connectivity index (χ3v) is 7.75. The van der Waals surface area contributed by atoms with Crippen LogP contribution >= 0.6 is 0 Å². The predicted octanol–water partition coefficient (Wildman–Crippen LogP) is 4.66. The van der Waals surface area contributed by atoms with Crippen molar-refractivity contribution >= 4 is 32.7 Å². The monoisotopic (exact) mass is 460 g/mol. The first-order valence-electron chi connectivity index (χ1n) is 11.0. The number of benzene rings is 3. The molecule has 4 aromatic rings. The van der Waals surface area contributed by atoms with E-state index in [1.165, 1.54) is 10.4 Å². The maximum Gasteiger partial charge on any atom is 0.255 e. The Labute approximate surface area is 192 Å². The molecule has 0 radical (unpaired) electrons. The van der Waals surface area contributed by atoms with Gasteiger partial charge in [-0.1, -0.05) is 24.6 Å². The number of sulfonamides is 1. The number of nitrogens with one attached hydrogen (secondary N) is 2. The van der Waals surface area contributed by atoms with Crippen LogP contribution in [0.4, 0.5) is 5.69 Å². The number of rotatable bonds is 5. The Morgan fingerprint density at radius 3 is 2.42 bits per heavy atom. The van der Waals surface area contributed by atoms with Crippen molar-refractivity contribution in [3.8, 4) is 11.4 Å². The molecular weight excluding hydrogens is 436 g/mol. The van der Waals surface area contributed by atoms with Crippen LogP contribution in [0.1, 0.15) is 29.6 Å². The van der Waals surface area contributed by atoms with Gasteiger partial charge < -0.3 is 10.3 Å². The van der Waals surface area contributed by atoms with Gasteiger partial charge in [0.2, 0.25) is 10.0 Å². The summed E-state index contributed by atoms with van der Waals surface area (Å²) in [5.74, 6) is 0.395. The number of anilines is 1. The number of para-hydroxylation sites is 2. The quantitative estimate of drug-likeness (QED) is 0.453. The number of nitrogens with zero attached hydrogens (tertiary/aromatic N) is 2. The highest BCUT2D eigenvalue weighted by atomic mass is 32.2. The molecule has 1 amide bonds. The van der Waals surface area contributed by atoms with E-state index >= 15 is 0 Å². The molecule has 1 aliphatic heterocycles. The number of piperidine rings is 1. The van der Waals surface area contributed by atoms with Crippen molar-refractivity contribution in [1.82, 2.24) is 14.3 Å². The topological polar surface area (TPSA) is 95.2 Å². The van der Waals surface area contributed by atoms with Crippen LogP contribution < -0.4 is 5.32 Å². The summed E-state index contributed by atoms with van der Waals surface area (Å²) in [6, 6.07) is 21.4. The first kappa shape index (κ1) is 21.4. The van der Waals surface area contributed by atoms with E-state index < -0.39 is 10.0 Å². The smallest absolute Gasteiger partial charge is 0.255 e. The minimum atomic E-state index is -3.60. The Morgan fingerprint density at radius 2 is 1.67 bits per heavy atom. The van der Waals surface area contributed by atoms with Gasteiger partial charge in [0.25, 0.3) is 5.91 Å². The molecule has 0 aliphatic carbocycles. The zero-order valence-corrected chi connectivity index (χ0v) is 18.8. The van der Waals surface area contributed by atoms with Crippen LogP contribution in [0.15, 0.2) is 77.7 Å². The van der Waals surface area contributed by atoms with Gasteiger partial charge in [-0.25, -0.2) is 13.4 Å². The Kier molecular flexibility index (Phi) is 5.70. The van der Waals surface area contributed by atoms with E-state index in [0.29, 0.717) is 24.3 Å². The fourth-order valence-corrected chi connectivity index (χ4v) is 5.62. The van der Waals surface area contributed by atoms with Crippen LogP contribution in [0, 0.1) is 0 Å². The van der Waals surface area contributed by atoms with E-state index in [4.69, 9.17) is 0 Å². The minimum Gasteiger partial charge on any atom is -0.338 e. The molecular formula is C25H24N4O3S. The van der Waals surface area contributed by atoms with Crippen molar-refractivity contribution in [2.75, 3.05) is 18.4 Å². The number of fused-ring (bicyclic) bond motifs is 1. The number of hydrogen-bond donors (Lipinski definition) is 2. The molecule has 0 spiro atoms. The zero-order chi connectivity index (χ0) is 22.8. The van der Waals surface area contributed by atoms with Crippen molar-refractivity contribution in [3.63, 3.8) is 0 Å². The van der Waals surface area contributed by atoms with Crippen LogP contribution in [-0.2, 0) is 10.0 Å². The van der Waals surface area contributed by atoms with Crippen LogP contribution in [0.3, 0.4) is 0 Å². The average molecular weight is 461 g/mol. The van der Waals surface area contributed by atoms with Crippen molar-refractivity contribution in [2.24, 2.45) is 0 Å². The first-order chi connectivity index (χ1) is 16.0. The zero-order valence-electron chi connectivity index (χ0n) is 18.0. The molecule has 1 aromatic heterocycles. The molecule has 0 bridgehead atoms. The van der Waals surface area contributed by atoms with Crippen molar-refractivity contribution in [2.45, 2.75) is 24.2 Å². The van der Waals surface area contributed by atoms with Crippen molar-refractivity contribution in [3.05, 3.63) is 78.4 Å². The summed E-state index contributed by atoms with van der Waals surface area (Å²) in [4.78, 5) is 20.8. The number of hydrogen-bond acceptors (Lipinski definition) is 4. The first-order valence-corrected chi connectivity index (χ1v) is 12.4. The SMILES string of the molecule is O=C(Nc1ccc(-c2nc3ccccc3[nH]2)cc1)c1cccc(S(=O)(=O)N2CCCCC2)c1. The van der Waals surface area contributed by atoms with Crippen LogP contribution in [0.5, 0.6) is 0 Å². The lowest BCUT2D eigenvalue weighted by Crippen LogP contribution is -2.35. The molecule has 168 valence electrons. The molecule has 3 aromatic carbocycles. The lowest BCUT2D eigenvalue weighted by atomic mass is 10.1. The summed E-state index contributed by atoms with van der Waals surface area (Å²) in [5, 5.41) is 2.84. The summed E-state index contributed by atoms with van der Waals surface area (Å²) in [6.07, 6.45) is 2.77. The summed E-state index contributed by atoms with van der Waals surface area (Å²) in [5.41, 5.74) is 3.67. The maximum atomic E-state index is 12.9. The molecule has 33 heavy (non-hydrogen) atoms. The molecule has 7 nitrogen and oxygen atoms in total. The molecule has 8 heteroatoms. The number of aromatic nitrogens is 2. The van der Waals surface area contributed by atoms with Gasteiger partial charge in [-0.2, -0.15) is 4.31 Å². The number of carbonyl (C=O) groups is 1. The van der Waals surface area contributed by atoms with E-state index in [0.717, 1.165) is 41.7 Å². The van der Waals surface area contributed by atoms with Crippen LogP contribution in [-0.4, -0.2) is 41.7 Å². The Hall–Kier alpha value is -3.49. The van der Waals surface area contributed by atoms with Gasteiger partial charge in [0.15, 0.2) is 0 Å². The van der Waals surface area contributed by atoms with E-state index in [1.807, 2.05) is 36.4 Å². The van der Waals surface area contributed by atoms with E-state index in [2.05, 4.69) is 15.3 Å². The Bertz CT molecular complexity index is 1370. The normalized spacial score (nSPS) is 14.9. The largest absolute Gasteiger partial charge is 0.338 e. The molecule has 1 saturated heterocycles. The minimum absolute atomic E-state index is 0.150. The van der Waals surface area contributed by atoms with Gasteiger partial charge in [-0.05, 0) is 67.4 Å². The van der Waals surface area contributed by atoms with Gasteiger partial charge in [-0.15, -0.1) is 0 Å². The molecule has 1 fully saturated rings. The average Bonchev–Trinajstić information content (AvgIpc) is 3.29. The van der Waals surface area contributed by atoms with Gasteiger partial charge in [-0.3, -0.25) is 4.79 Å². The summed E-state index contributed by atoms with van der Waals surface area (Å²) < 4.78 is 27.4. The van der Waals surface area contributed by atoms with Gasteiger partial charge in [0, 0.05) is 29.9 Å². The highest BCUT2D eigenvalue weighted by molar-refractivity contribution is 7.89. The van der Waals surface area contributed by atoms with Crippen molar-refractivity contribution in [1.29, 1.82) is 0 Å². The molecule has 2 heterocycles. The maximum absolute atomic E-state index is 12.9. The standard InChI is InChI=1S/C25H24N4O3S/c30-25(19-7-6-8-21(17-19)33(31,32)29-15-4-1-5-16-29)26-20-13-11-18(12-14-20)24-27-22-9-2-3-10-23(22)28-24/h2-3,6-14,17H,1,4-5,15-16H2,(H,26,30)(H,27,28). The van der Waals surface area contributed by atoms with Crippen LogP contribution in [0.25, 0.3) is 22.4 Å². The highest BCUT2D eigenvalue weighted by Gasteiger charge is 2.26. The molecule has 0 atom stereocenters. The van der Waals surface area contributed by atoms with Gasteiger partial charge in [0.1, 0.15) is 5.82 Å². The number of H-pyrrole nitrogens is 1. The number of carbonyl (C=O) groups excluding carboxylic acids is 1. The van der Waals surface area contributed by atoms with Crippen LogP contribution in [0.2, 0.25) is 0 Å². The van der Waals surface area contributed by atoms with Gasteiger partial charge in [0.05, 0.1) is 15.9 Å². The third-order valence-electron chi connectivity index (χ3n) is 5.85. The summed E-state index contributed by atoms with van der Waals surface area (Å²) in [6.45, 7) is 1.05. The van der Waals surface area contributed by atoms with E-state index in [-0.39, 0.29) is 10.8 Å². The third kappa shape index (κ3) is 4.40. The second-order valence-corrected chi connectivity index (χ2v) is 10.1. The summed E-state index contributed by atoms with van der Waals surface area (Å²) >= 11 is 0. The van der Waals surface area contributed by atoms with E-state index in [1.54, 1.807) is 30.3 Å². The van der Waals surface area contributed by atoms with Gasteiger partial charge >= 0.3 is 0 Å². The lowest BCUT2D eigenvalue weighted by molar-refractivity contribution is 0.102. The number of imidazole rings is 1. The van der Waals surface area contributed by atoms with Crippen molar-refractivity contribution < 1.29 is 13.2 Å². The molecule has 5 rings (SSSR count).